The minimum atomic E-state index is -0.251. The van der Waals surface area contributed by atoms with Gasteiger partial charge in [0.1, 0.15) is 11.8 Å². The van der Waals surface area contributed by atoms with Crippen LogP contribution in [0.15, 0.2) is 93.4 Å². The molecule has 2 aliphatic heterocycles. The summed E-state index contributed by atoms with van der Waals surface area (Å²) in [6.07, 6.45) is 3.05. The van der Waals surface area contributed by atoms with Gasteiger partial charge < -0.3 is 19.5 Å². The van der Waals surface area contributed by atoms with E-state index in [2.05, 4.69) is 46.1 Å². The number of piperidine rings is 1. The maximum absolute atomic E-state index is 6.96. The average molecular weight is 610 g/mol. The lowest BCUT2D eigenvalue weighted by molar-refractivity contribution is 0.357. The molecule has 6 rings (SSSR count). The maximum Gasteiger partial charge on any atom is 0.174 e. The first-order valence-electron chi connectivity index (χ1n) is 13.4. The second-order valence-electron chi connectivity index (χ2n) is 10.7. The van der Waals surface area contributed by atoms with Crippen molar-refractivity contribution in [1.29, 1.82) is 0 Å². The zero-order valence-corrected chi connectivity index (χ0v) is 25.4. The fourth-order valence-corrected chi connectivity index (χ4v) is 7.40. The van der Waals surface area contributed by atoms with Crippen LogP contribution in [0.3, 0.4) is 0 Å². The van der Waals surface area contributed by atoms with Crippen molar-refractivity contribution in [3.8, 4) is 0 Å². The lowest BCUT2D eigenvalue weighted by Gasteiger charge is -2.37. The predicted molar refractivity (Wildman–Crippen MR) is 169 cm³/mol. The summed E-state index contributed by atoms with van der Waals surface area (Å²) in [5, 5.41) is 6.32. The molecule has 0 amide bonds. The summed E-state index contributed by atoms with van der Waals surface area (Å²) < 4.78 is 6.45. The zero-order chi connectivity index (χ0) is 27.8. The monoisotopic (exact) mass is 608 g/mol. The Hall–Kier alpha value is -2.71. The van der Waals surface area contributed by atoms with E-state index in [-0.39, 0.29) is 12.1 Å². The molecule has 40 heavy (non-hydrogen) atoms. The molecule has 0 unspecified atom stereocenters. The van der Waals surface area contributed by atoms with Crippen LogP contribution in [0.2, 0.25) is 10.0 Å². The van der Waals surface area contributed by atoms with Crippen LogP contribution in [0.4, 0.5) is 11.4 Å². The number of benzene rings is 2. The van der Waals surface area contributed by atoms with Crippen LogP contribution in [0.1, 0.15) is 43.8 Å². The lowest BCUT2D eigenvalue weighted by Crippen LogP contribution is -2.38. The largest absolute Gasteiger partial charge is 0.452 e. The predicted octanol–water partition coefficient (Wildman–Crippen LogP) is 8.79. The Morgan fingerprint density at radius 3 is 2.45 bits per heavy atom. The van der Waals surface area contributed by atoms with Gasteiger partial charge in [0.25, 0.3) is 0 Å². The van der Waals surface area contributed by atoms with E-state index in [0.717, 1.165) is 50.9 Å². The van der Waals surface area contributed by atoms with E-state index >= 15 is 0 Å². The van der Waals surface area contributed by atoms with Crippen molar-refractivity contribution < 1.29 is 4.42 Å². The minimum Gasteiger partial charge on any atom is -0.452 e. The highest BCUT2D eigenvalue weighted by molar-refractivity contribution is 7.99. The molecular weight excluding hydrogens is 579 g/mol. The Labute approximate surface area is 254 Å². The van der Waals surface area contributed by atoms with Gasteiger partial charge in [-0.15, -0.1) is 0 Å². The second-order valence-corrected chi connectivity index (χ2v) is 13.0. The number of nitrogens with zero attached hydrogens (tertiary/aromatic N) is 3. The molecule has 0 bridgehead atoms. The van der Waals surface area contributed by atoms with Crippen LogP contribution in [0.25, 0.3) is 0 Å². The first-order valence-corrected chi connectivity index (χ1v) is 15.4. The first-order chi connectivity index (χ1) is 19.4. The molecule has 2 saturated heterocycles. The van der Waals surface area contributed by atoms with E-state index in [1.165, 1.54) is 6.42 Å². The van der Waals surface area contributed by atoms with E-state index in [0.29, 0.717) is 22.0 Å². The van der Waals surface area contributed by atoms with Crippen LogP contribution in [-0.2, 0) is 0 Å². The van der Waals surface area contributed by atoms with Crippen LogP contribution in [0.5, 0.6) is 0 Å². The van der Waals surface area contributed by atoms with Gasteiger partial charge in [-0.25, -0.2) is 0 Å². The number of hydrogen-bond acceptors (Lipinski definition) is 5. The van der Waals surface area contributed by atoms with Crippen LogP contribution in [-0.4, -0.2) is 23.2 Å². The topological polar surface area (TPSA) is 44.5 Å². The van der Waals surface area contributed by atoms with Crippen molar-refractivity contribution in [3.05, 3.63) is 100 Å². The molecule has 206 valence electrons. The van der Waals surface area contributed by atoms with E-state index in [1.807, 2.05) is 60.7 Å². The van der Waals surface area contributed by atoms with Gasteiger partial charge >= 0.3 is 0 Å². The van der Waals surface area contributed by atoms with Gasteiger partial charge in [-0.1, -0.05) is 54.9 Å². The lowest BCUT2D eigenvalue weighted by atomic mass is 9.91. The number of nitrogens with one attached hydrogen (secondary N) is 1. The third kappa shape index (κ3) is 5.70. The van der Waals surface area contributed by atoms with Gasteiger partial charge in [0.2, 0.25) is 0 Å². The summed E-state index contributed by atoms with van der Waals surface area (Å²) in [5.74, 6) is 2.06. The number of rotatable bonds is 6. The quantitative estimate of drug-likeness (QED) is 0.219. The minimum absolute atomic E-state index is 0.199. The molecule has 0 saturated carbocycles. The van der Waals surface area contributed by atoms with Gasteiger partial charge in [0.05, 0.1) is 22.4 Å². The molecule has 4 aromatic rings. The summed E-state index contributed by atoms with van der Waals surface area (Å²) in [7, 11) is 0. The molecule has 2 aromatic heterocycles. The van der Waals surface area contributed by atoms with Gasteiger partial charge in [-0.05, 0) is 97.2 Å². The average Bonchev–Trinajstić information content (AvgIpc) is 3.53. The number of aromatic nitrogens is 1. The Morgan fingerprint density at radius 2 is 1.75 bits per heavy atom. The number of furan rings is 1. The molecule has 1 N–H and O–H groups in total. The van der Waals surface area contributed by atoms with Crippen molar-refractivity contribution in [3.63, 3.8) is 0 Å². The summed E-state index contributed by atoms with van der Waals surface area (Å²) in [6, 6.07) is 23.5. The van der Waals surface area contributed by atoms with Gasteiger partial charge in [0, 0.05) is 34.9 Å². The molecule has 2 aliphatic rings. The van der Waals surface area contributed by atoms with Crippen molar-refractivity contribution in [2.24, 2.45) is 11.8 Å². The number of anilines is 2. The molecule has 4 atom stereocenters. The summed E-state index contributed by atoms with van der Waals surface area (Å²) in [5.41, 5.74) is 2.87. The molecule has 0 radical (unpaired) electrons. The molecule has 9 heteroatoms. The van der Waals surface area contributed by atoms with Crippen molar-refractivity contribution in [2.45, 2.75) is 42.3 Å². The van der Waals surface area contributed by atoms with Crippen molar-refractivity contribution >= 4 is 63.7 Å². The second kappa shape index (κ2) is 11.6. The summed E-state index contributed by atoms with van der Waals surface area (Å²) in [4.78, 5) is 10.2. The number of thiocarbonyl (C=S) groups is 1. The molecule has 2 aromatic carbocycles. The third-order valence-corrected chi connectivity index (χ3v) is 9.24. The highest BCUT2D eigenvalue weighted by atomic mass is 35.5. The van der Waals surface area contributed by atoms with Crippen molar-refractivity contribution in [1.82, 2.24) is 10.3 Å². The fourth-order valence-electron chi connectivity index (χ4n) is 5.85. The number of pyridine rings is 1. The molecule has 2 fully saturated rings. The Balaban J connectivity index is 1.34. The SMILES string of the molecule is C[C@@H]1C[C@H](C)CN(c2ccc(N3C(=S)N[C@H](c4ccccn4)[C@H]3c3ccc(Sc4ccc(Cl)cc4)o3)cc2Cl)C1. The fraction of sp³-hybridized carbons (Fsp3) is 0.290. The van der Waals surface area contributed by atoms with Crippen molar-refractivity contribution in [2.75, 3.05) is 22.9 Å². The molecule has 4 heterocycles. The van der Waals surface area contributed by atoms with Crippen LogP contribution in [0, 0.1) is 11.8 Å². The molecular formula is C31H30Cl2N4OS2. The summed E-state index contributed by atoms with van der Waals surface area (Å²) in [6.45, 7) is 6.64. The molecule has 0 aliphatic carbocycles. The Bertz CT molecular complexity index is 1490. The van der Waals surface area contributed by atoms with E-state index in [1.54, 1.807) is 18.0 Å². The highest BCUT2D eigenvalue weighted by Crippen LogP contribution is 2.45. The smallest absolute Gasteiger partial charge is 0.174 e. The van der Waals surface area contributed by atoms with Gasteiger partial charge in [0.15, 0.2) is 10.2 Å². The van der Waals surface area contributed by atoms with E-state index < -0.39 is 0 Å². The number of hydrogen-bond donors (Lipinski definition) is 1. The third-order valence-electron chi connectivity index (χ3n) is 7.44. The number of halogens is 2. The van der Waals surface area contributed by atoms with Gasteiger partial charge in [-0.2, -0.15) is 0 Å². The highest BCUT2D eigenvalue weighted by Gasteiger charge is 2.43. The standard InChI is InChI=1S/C31H30Cl2N4OS2/c1-19-15-20(2)18-36(17-19)26-11-8-22(16-24(26)33)37-30(29(35-31(37)39)25-5-3-4-14-34-25)27-12-13-28(38-27)40-23-9-6-21(32)7-10-23/h3-14,16,19-20,29-30H,15,17-18H2,1-2H3,(H,35,39)/t19-,20+,29-,30-/m1/s1. The van der Waals surface area contributed by atoms with Crippen LogP contribution < -0.4 is 15.1 Å². The van der Waals surface area contributed by atoms with E-state index in [4.69, 9.17) is 39.8 Å². The normalized spacial score (nSPS) is 22.9. The Kier molecular flexibility index (Phi) is 8.00. The summed E-state index contributed by atoms with van der Waals surface area (Å²) >= 11 is 20.5. The van der Waals surface area contributed by atoms with E-state index in [9.17, 15) is 0 Å². The first kappa shape index (κ1) is 27.5. The van der Waals surface area contributed by atoms with Crippen LogP contribution >= 0.6 is 47.2 Å². The zero-order valence-electron chi connectivity index (χ0n) is 22.3. The molecule has 5 nitrogen and oxygen atoms in total. The van der Waals surface area contributed by atoms with Gasteiger partial charge in [-0.3, -0.25) is 4.98 Å². The maximum atomic E-state index is 6.96. The molecule has 0 spiro atoms. The Morgan fingerprint density at radius 1 is 0.975 bits per heavy atom.